The van der Waals surface area contributed by atoms with Gasteiger partial charge in [-0.2, -0.15) is 0 Å². The van der Waals surface area contributed by atoms with Gasteiger partial charge >= 0.3 is 5.97 Å². The molecule has 0 radical (unpaired) electrons. The summed E-state index contributed by atoms with van der Waals surface area (Å²) in [6.45, 7) is 3.25. The van der Waals surface area contributed by atoms with Crippen LogP contribution in [0.2, 0.25) is 0 Å². The van der Waals surface area contributed by atoms with Gasteiger partial charge in [-0.05, 0) is 25.5 Å². The number of hydrogen-bond donors (Lipinski definition) is 2. The number of ether oxygens (including phenoxy) is 1. The molecule has 0 bridgehead atoms. The van der Waals surface area contributed by atoms with Gasteiger partial charge in [0.1, 0.15) is 5.75 Å². The summed E-state index contributed by atoms with van der Waals surface area (Å²) in [7, 11) is 0. The maximum absolute atomic E-state index is 10.9. The first-order valence-corrected chi connectivity index (χ1v) is 5.73. The van der Waals surface area contributed by atoms with Crippen molar-refractivity contribution in [2.75, 3.05) is 5.32 Å². The molecule has 0 aliphatic carbocycles. The summed E-state index contributed by atoms with van der Waals surface area (Å²) in [5.41, 5.74) is 0.658. The molecule has 0 spiro atoms. The highest BCUT2D eigenvalue weighted by Crippen LogP contribution is 2.19. The molecule has 1 amide bonds. The van der Waals surface area contributed by atoms with E-state index in [4.69, 9.17) is 9.84 Å². The average Bonchev–Trinajstić information content (AvgIpc) is 2.26. The zero-order valence-corrected chi connectivity index (χ0v) is 10.5. The van der Waals surface area contributed by atoms with Crippen molar-refractivity contribution in [3.8, 4) is 5.75 Å². The number of aliphatic carboxylic acids is 1. The fraction of sp³-hybridized carbons (Fsp3) is 0.385. The Bertz CT molecular complexity index is 431. The van der Waals surface area contributed by atoms with Crippen molar-refractivity contribution in [3.63, 3.8) is 0 Å². The van der Waals surface area contributed by atoms with Gasteiger partial charge in [-0.25, -0.2) is 0 Å². The summed E-state index contributed by atoms with van der Waals surface area (Å²) in [5.74, 6) is -0.373. The van der Waals surface area contributed by atoms with Crippen LogP contribution in [0, 0.1) is 0 Å². The Balaban J connectivity index is 2.55. The van der Waals surface area contributed by atoms with E-state index >= 15 is 0 Å². The third-order valence-corrected chi connectivity index (χ3v) is 2.26. The van der Waals surface area contributed by atoms with Crippen molar-refractivity contribution in [3.05, 3.63) is 24.3 Å². The Morgan fingerprint density at radius 3 is 2.78 bits per heavy atom. The van der Waals surface area contributed by atoms with Gasteiger partial charge in [-0.15, -0.1) is 0 Å². The molecule has 0 heterocycles. The Kier molecular flexibility index (Phi) is 5.17. The maximum atomic E-state index is 10.9. The van der Waals surface area contributed by atoms with Crippen LogP contribution in [0.1, 0.15) is 26.7 Å². The lowest BCUT2D eigenvalue weighted by molar-refractivity contribution is -0.137. The van der Waals surface area contributed by atoms with E-state index in [-0.39, 0.29) is 18.4 Å². The van der Waals surface area contributed by atoms with Gasteiger partial charge in [-0.3, -0.25) is 9.59 Å². The molecule has 1 unspecified atom stereocenters. The molecular weight excluding hydrogens is 234 g/mol. The number of carbonyl (C=O) groups excluding carboxylic acids is 1. The van der Waals surface area contributed by atoms with E-state index < -0.39 is 5.97 Å². The molecule has 5 heteroatoms. The molecule has 1 rings (SSSR count). The minimum Gasteiger partial charge on any atom is -0.491 e. The topological polar surface area (TPSA) is 75.6 Å². The summed E-state index contributed by atoms with van der Waals surface area (Å²) in [6.07, 6.45) is 0.334. The Hall–Kier alpha value is -2.04. The van der Waals surface area contributed by atoms with Crippen molar-refractivity contribution in [2.24, 2.45) is 0 Å². The quantitative estimate of drug-likeness (QED) is 0.813. The summed E-state index contributed by atoms with van der Waals surface area (Å²) >= 11 is 0. The number of anilines is 1. The van der Waals surface area contributed by atoms with Crippen LogP contribution in [-0.4, -0.2) is 23.1 Å². The number of carboxylic acid groups (broad SMARTS) is 1. The molecule has 0 saturated heterocycles. The predicted octanol–water partition coefficient (Wildman–Crippen LogP) is 2.28. The number of rotatable bonds is 6. The van der Waals surface area contributed by atoms with Gasteiger partial charge < -0.3 is 15.2 Å². The van der Waals surface area contributed by atoms with Gasteiger partial charge in [0.2, 0.25) is 5.91 Å². The molecule has 0 saturated carbocycles. The van der Waals surface area contributed by atoms with E-state index in [0.717, 1.165) is 0 Å². The lowest BCUT2D eigenvalue weighted by Gasteiger charge is -2.14. The normalized spacial score (nSPS) is 11.7. The maximum Gasteiger partial charge on any atom is 0.303 e. The lowest BCUT2D eigenvalue weighted by Crippen LogP contribution is -2.14. The third kappa shape index (κ3) is 5.34. The standard InChI is InChI=1S/C13H17NO4/c1-9(6-7-13(16)17)18-12-5-3-4-11(8-12)14-10(2)15/h3-5,8-9H,6-7H2,1-2H3,(H,14,15)(H,16,17). The minimum atomic E-state index is -0.836. The number of carbonyl (C=O) groups is 2. The second kappa shape index (κ2) is 6.64. The number of nitrogens with one attached hydrogen (secondary N) is 1. The monoisotopic (exact) mass is 251 g/mol. The SMILES string of the molecule is CC(=O)Nc1cccc(OC(C)CCC(=O)O)c1. The molecule has 1 aromatic carbocycles. The largest absolute Gasteiger partial charge is 0.491 e. The van der Waals surface area contributed by atoms with Gasteiger partial charge in [0.25, 0.3) is 0 Å². The van der Waals surface area contributed by atoms with E-state index in [2.05, 4.69) is 5.32 Å². The van der Waals surface area contributed by atoms with Gasteiger partial charge in [0.15, 0.2) is 0 Å². The first-order chi connectivity index (χ1) is 8.47. The molecule has 2 N–H and O–H groups in total. The van der Waals surface area contributed by atoms with Crippen LogP contribution in [0.3, 0.4) is 0 Å². The van der Waals surface area contributed by atoms with E-state index in [1.54, 1.807) is 24.3 Å². The molecule has 98 valence electrons. The molecule has 1 aromatic rings. The number of benzene rings is 1. The predicted molar refractivity (Wildman–Crippen MR) is 67.7 cm³/mol. The third-order valence-electron chi connectivity index (χ3n) is 2.26. The van der Waals surface area contributed by atoms with Crippen LogP contribution in [-0.2, 0) is 9.59 Å². The lowest BCUT2D eigenvalue weighted by atomic mass is 10.2. The minimum absolute atomic E-state index is 0.0759. The summed E-state index contributed by atoms with van der Waals surface area (Å²) in [4.78, 5) is 21.3. The van der Waals surface area contributed by atoms with Crippen molar-refractivity contribution < 1.29 is 19.4 Å². The fourth-order valence-corrected chi connectivity index (χ4v) is 1.47. The number of carboxylic acids is 1. The number of amides is 1. The van der Waals surface area contributed by atoms with Crippen LogP contribution in [0.5, 0.6) is 5.75 Å². The first kappa shape index (κ1) is 14.0. The van der Waals surface area contributed by atoms with Crippen molar-refractivity contribution in [1.82, 2.24) is 0 Å². The summed E-state index contributed by atoms with van der Waals surface area (Å²) < 4.78 is 5.57. The van der Waals surface area contributed by atoms with Crippen molar-refractivity contribution in [1.29, 1.82) is 0 Å². The van der Waals surface area contributed by atoms with E-state index in [9.17, 15) is 9.59 Å². The average molecular weight is 251 g/mol. The van der Waals surface area contributed by atoms with E-state index in [1.165, 1.54) is 6.92 Å². The summed E-state index contributed by atoms with van der Waals surface area (Å²) in [5, 5.41) is 11.2. The van der Waals surface area contributed by atoms with Crippen LogP contribution >= 0.6 is 0 Å². The van der Waals surface area contributed by atoms with Gasteiger partial charge in [-0.1, -0.05) is 6.07 Å². The summed E-state index contributed by atoms with van der Waals surface area (Å²) in [6, 6.07) is 7.00. The van der Waals surface area contributed by atoms with Gasteiger partial charge in [0, 0.05) is 25.1 Å². The van der Waals surface area contributed by atoms with Crippen LogP contribution in [0.4, 0.5) is 5.69 Å². The first-order valence-electron chi connectivity index (χ1n) is 5.73. The Labute approximate surface area is 106 Å². The Morgan fingerprint density at radius 1 is 1.44 bits per heavy atom. The fourth-order valence-electron chi connectivity index (χ4n) is 1.47. The molecular formula is C13H17NO4. The van der Waals surface area contributed by atoms with E-state index in [0.29, 0.717) is 17.9 Å². The molecule has 0 aliphatic rings. The second-order valence-electron chi connectivity index (χ2n) is 4.07. The smallest absolute Gasteiger partial charge is 0.303 e. The van der Waals surface area contributed by atoms with Crippen LogP contribution < -0.4 is 10.1 Å². The molecule has 0 aromatic heterocycles. The van der Waals surface area contributed by atoms with Crippen molar-refractivity contribution >= 4 is 17.6 Å². The number of hydrogen-bond acceptors (Lipinski definition) is 3. The highest BCUT2D eigenvalue weighted by molar-refractivity contribution is 5.88. The van der Waals surface area contributed by atoms with Gasteiger partial charge in [0.05, 0.1) is 6.10 Å². The van der Waals surface area contributed by atoms with Crippen LogP contribution in [0.25, 0.3) is 0 Å². The molecule has 5 nitrogen and oxygen atoms in total. The molecule has 0 fully saturated rings. The zero-order chi connectivity index (χ0) is 13.5. The molecule has 1 atom stereocenters. The highest BCUT2D eigenvalue weighted by Gasteiger charge is 2.07. The highest BCUT2D eigenvalue weighted by atomic mass is 16.5. The molecule has 18 heavy (non-hydrogen) atoms. The molecule has 0 aliphatic heterocycles. The Morgan fingerprint density at radius 2 is 2.17 bits per heavy atom. The second-order valence-corrected chi connectivity index (χ2v) is 4.07. The van der Waals surface area contributed by atoms with Crippen LogP contribution in [0.15, 0.2) is 24.3 Å². The van der Waals surface area contributed by atoms with Crippen molar-refractivity contribution in [2.45, 2.75) is 32.8 Å². The zero-order valence-electron chi connectivity index (χ0n) is 10.5. The van der Waals surface area contributed by atoms with E-state index in [1.807, 2.05) is 6.92 Å².